The molecule has 0 heterocycles. The van der Waals surface area contributed by atoms with Gasteiger partial charge >= 0.3 is 0 Å². The summed E-state index contributed by atoms with van der Waals surface area (Å²) in [6, 6.07) is 0. The summed E-state index contributed by atoms with van der Waals surface area (Å²) in [6.45, 7) is 61.8. The van der Waals surface area contributed by atoms with Gasteiger partial charge in [0, 0.05) is 0 Å². The van der Waals surface area contributed by atoms with Crippen LogP contribution >= 0.6 is 0 Å². The zero-order valence-electron chi connectivity index (χ0n) is 34.2. The molecule has 0 saturated heterocycles. The Labute approximate surface area is 273 Å². The van der Waals surface area contributed by atoms with E-state index in [1.165, 1.54) is 19.3 Å². The van der Waals surface area contributed by atoms with E-state index in [1.54, 1.807) is 0 Å². The molecule has 43 heavy (non-hydrogen) atoms. The highest BCUT2D eigenvalue weighted by molar-refractivity contribution is 5.40. The summed E-state index contributed by atoms with van der Waals surface area (Å²) in [4.78, 5) is 0. The standard InChI is InChI=1S/C43H82/c1-24-29(6)34(11,12)41(21)38(18)25-30(7)37(17,26-39(41,19)35(13,14)33(10)31(8)27(2)3)43(23)40(20,32(9)28(4)5)36(15,16)42(38,43)22/h27-33H,24-26H2,1-23H3. The molecule has 12 unspecified atom stereocenters. The molecule has 12 atom stereocenters. The Hall–Kier alpha value is 0. The molecule has 0 heteroatoms. The van der Waals surface area contributed by atoms with Gasteiger partial charge in [-0.05, 0) is 108 Å². The van der Waals surface area contributed by atoms with Crippen LogP contribution in [0.15, 0.2) is 0 Å². The molecule has 0 aromatic carbocycles. The van der Waals surface area contributed by atoms with Crippen LogP contribution in [0.2, 0.25) is 0 Å². The van der Waals surface area contributed by atoms with Crippen molar-refractivity contribution in [2.24, 2.45) is 95.6 Å². The molecule has 0 amide bonds. The Bertz CT molecular complexity index is 1060. The Morgan fingerprint density at radius 1 is 0.674 bits per heavy atom. The second-order valence-electron chi connectivity index (χ2n) is 21.2. The summed E-state index contributed by atoms with van der Waals surface area (Å²) in [5.41, 5.74) is 1.91. The van der Waals surface area contributed by atoms with Crippen molar-refractivity contribution in [1.29, 1.82) is 0 Å². The normalized spacial score (nSPS) is 47.5. The molecule has 4 fully saturated rings. The topological polar surface area (TPSA) is 0 Å². The van der Waals surface area contributed by atoms with Gasteiger partial charge < -0.3 is 0 Å². The van der Waals surface area contributed by atoms with Crippen LogP contribution in [-0.4, -0.2) is 0 Å². The lowest BCUT2D eigenvalue weighted by molar-refractivity contribution is -0.446. The summed E-state index contributed by atoms with van der Waals surface area (Å²) in [5.74, 6) is 4.70. The molecule has 254 valence electrons. The van der Waals surface area contributed by atoms with Crippen LogP contribution in [0.5, 0.6) is 0 Å². The quantitative estimate of drug-likeness (QED) is 0.248. The van der Waals surface area contributed by atoms with E-state index >= 15 is 0 Å². The highest BCUT2D eigenvalue weighted by atomic mass is 15.0. The second-order valence-corrected chi connectivity index (χ2v) is 21.2. The molecule has 4 aliphatic carbocycles. The summed E-state index contributed by atoms with van der Waals surface area (Å²) < 4.78 is 0. The van der Waals surface area contributed by atoms with Crippen LogP contribution in [0.25, 0.3) is 0 Å². The van der Waals surface area contributed by atoms with Crippen molar-refractivity contribution in [3.05, 3.63) is 0 Å². The van der Waals surface area contributed by atoms with Gasteiger partial charge in [-0.1, -0.05) is 166 Å². The molecule has 0 aromatic heterocycles. The first-order chi connectivity index (χ1) is 18.9. The van der Waals surface area contributed by atoms with Crippen molar-refractivity contribution in [1.82, 2.24) is 0 Å². The zero-order valence-corrected chi connectivity index (χ0v) is 34.2. The lowest BCUT2D eigenvalue weighted by Gasteiger charge is -2.91. The molecule has 0 aromatic rings. The minimum atomic E-state index is 0.120. The molecule has 0 nitrogen and oxygen atoms in total. The summed E-state index contributed by atoms with van der Waals surface area (Å²) in [7, 11) is 0. The number of rotatable bonds is 9. The number of fused-ring (bicyclic) bond motifs is 3. The van der Waals surface area contributed by atoms with E-state index < -0.39 is 0 Å². The molecule has 0 spiro atoms. The molecule has 0 radical (unpaired) electrons. The van der Waals surface area contributed by atoms with Crippen LogP contribution in [-0.2, 0) is 0 Å². The first-order valence-electron chi connectivity index (χ1n) is 18.9. The van der Waals surface area contributed by atoms with Crippen LogP contribution in [0.3, 0.4) is 0 Å². The third kappa shape index (κ3) is 3.48. The van der Waals surface area contributed by atoms with Gasteiger partial charge in [-0.2, -0.15) is 0 Å². The van der Waals surface area contributed by atoms with E-state index in [4.69, 9.17) is 0 Å². The molecule has 0 aliphatic heterocycles. The molecule has 4 saturated carbocycles. The lowest BCUT2D eigenvalue weighted by atomic mass is 9.12. The van der Waals surface area contributed by atoms with Gasteiger partial charge in [-0.15, -0.1) is 0 Å². The van der Waals surface area contributed by atoms with E-state index in [-0.39, 0.29) is 54.1 Å². The monoisotopic (exact) mass is 599 g/mol. The highest BCUT2D eigenvalue weighted by Crippen LogP contribution is 2.98. The Balaban J connectivity index is 2.65. The maximum Gasteiger partial charge on any atom is -0.0143 e. The van der Waals surface area contributed by atoms with Gasteiger partial charge in [-0.3, -0.25) is 0 Å². The van der Waals surface area contributed by atoms with Gasteiger partial charge in [0.05, 0.1) is 0 Å². The summed E-state index contributed by atoms with van der Waals surface area (Å²) in [6.07, 6.45) is 3.93. The van der Waals surface area contributed by atoms with Crippen molar-refractivity contribution in [2.75, 3.05) is 0 Å². The van der Waals surface area contributed by atoms with Gasteiger partial charge in [0.15, 0.2) is 0 Å². The van der Waals surface area contributed by atoms with Crippen molar-refractivity contribution in [3.8, 4) is 0 Å². The minimum Gasteiger partial charge on any atom is -0.0651 e. The van der Waals surface area contributed by atoms with E-state index in [0.29, 0.717) is 41.4 Å². The Morgan fingerprint density at radius 3 is 1.53 bits per heavy atom. The smallest absolute Gasteiger partial charge is 0.0143 e. The van der Waals surface area contributed by atoms with E-state index in [1.807, 2.05) is 0 Å². The molecule has 0 N–H and O–H groups in total. The number of hydrogen-bond donors (Lipinski definition) is 0. The summed E-state index contributed by atoms with van der Waals surface area (Å²) >= 11 is 0. The fourth-order valence-corrected chi connectivity index (χ4v) is 15.5. The first kappa shape index (κ1) is 37.5. The van der Waals surface area contributed by atoms with Crippen molar-refractivity contribution < 1.29 is 0 Å². The average molecular weight is 599 g/mol. The fourth-order valence-electron chi connectivity index (χ4n) is 15.5. The molecule has 4 aliphatic rings. The van der Waals surface area contributed by atoms with Crippen molar-refractivity contribution in [2.45, 2.75) is 179 Å². The average Bonchev–Trinajstić information content (AvgIpc) is 2.98. The van der Waals surface area contributed by atoms with Gasteiger partial charge in [0.2, 0.25) is 0 Å². The van der Waals surface area contributed by atoms with Crippen molar-refractivity contribution in [3.63, 3.8) is 0 Å². The Kier molecular flexibility index (Phi) is 8.72. The second kappa shape index (κ2) is 10.0. The molecule has 2 bridgehead atoms. The number of hydrogen-bond acceptors (Lipinski definition) is 0. The molecule has 4 rings (SSSR count). The van der Waals surface area contributed by atoms with Gasteiger partial charge in [0.1, 0.15) is 0 Å². The van der Waals surface area contributed by atoms with Crippen LogP contribution in [0.4, 0.5) is 0 Å². The largest absolute Gasteiger partial charge is 0.0651 e. The van der Waals surface area contributed by atoms with Crippen LogP contribution in [0.1, 0.15) is 179 Å². The maximum absolute atomic E-state index is 2.88. The van der Waals surface area contributed by atoms with Crippen LogP contribution < -0.4 is 0 Å². The van der Waals surface area contributed by atoms with Gasteiger partial charge in [0.25, 0.3) is 0 Å². The predicted octanol–water partition coefficient (Wildman–Crippen LogP) is 13.8. The van der Waals surface area contributed by atoms with E-state index in [0.717, 1.165) is 0 Å². The summed E-state index contributed by atoms with van der Waals surface area (Å²) in [5, 5.41) is 0. The SMILES string of the molecule is CCC(C)C(C)(C)C1(C)C(C)(C(C)(C)C(C)C(C)C(C)C)CC2(C)C(C)CC1(C)C1(C)C(C)(C)C(C)(C(C)C(C)C)C21C. The lowest BCUT2D eigenvalue weighted by Crippen LogP contribution is -2.87. The Morgan fingerprint density at radius 2 is 1.14 bits per heavy atom. The predicted molar refractivity (Wildman–Crippen MR) is 193 cm³/mol. The van der Waals surface area contributed by atoms with Crippen LogP contribution in [0, 0.1) is 95.6 Å². The first-order valence-corrected chi connectivity index (χ1v) is 18.9. The maximum atomic E-state index is 2.88. The third-order valence-corrected chi connectivity index (χ3v) is 21.0. The van der Waals surface area contributed by atoms with Gasteiger partial charge in [-0.25, -0.2) is 0 Å². The zero-order chi connectivity index (χ0) is 34.2. The highest BCUT2D eigenvalue weighted by Gasteiger charge is 2.93. The minimum absolute atomic E-state index is 0.120. The van der Waals surface area contributed by atoms with Crippen molar-refractivity contribution >= 4 is 0 Å². The van der Waals surface area contributed by atoms with E-state index in [9.17, 15) is 0 Å². The molecular weight excluding hydrogens is 516 g/mol. The fraction of sp³-hybridized carbons (Fsp3) is 1.00. The van der Waals surface area contributed by atoms with E-state index in [2.05, 4.69) is 159 Å². The molecular formula is C43H82. The third-order valence-electron chi connectivity index (χ3n) is 21.0.